The van der Waals surface area contributed by atoms with Crippen LogP contribution in [0.15, 0.2) is 36.4 Å². The van der Waals surface area contributed by atoms with Gasteiger partial charge in [-0.2, -0.15) is 0 Å². The fraction of sp³-hybridized carbons (Fsp3) is 0.294. The van der Waals surface area contributed by atoms with E-state index in [4.69, 9.17) is 5.11 Å². The van der Waals surface area contributed by atoms with E-state index < -0.39 is 5.97 Å². The van der Waals surface area contributed by atoms with Crippen LogP contribution in [0.3, 0.4) is 0 Å². The quantitative estimate of drug-likeness (QED) is 0.885. The molecule has 1 aliphatic carbocycles. The van der Waals surface area contributed by atoms with Gasteiger partial charge in [0.15, 0.2) is 0 Å². The molecule has 0 spiro atoms. The van der Waals surface area contributed by atoms with E-state index in [9.17, 15) is 9.59 Å². The van der Waals surface area contributed by atoms with Gasteiger partial charge in [-0.1, -0.05) is 18.6 Å². The molecule has 4 nitrogen and oxygen atoms in total. The molecule has 1 heterocycles. The SMILES string of the molecule is O=C(NCc1ccc(C(=O)O)s1)c1ccc(C2CCC2)cc1. The molecule has 1 saturated carbocycles. The van der Waals surface area contributed by atoms with Crippen LogP contribution in [0.4, 0.5) is 0 Å². The van der Waals surface area contributed by atoms with Crippen molar-refractivity contribution < 1.29 is 14.7 Å². The molecule has 2 N–H and O–H groups in total. The van der Waals surface area contributed by atoms with Crippen molar-refractivity contribution >= 4 is 23.2 Å². The normalized spacial score (nSPS) is 14.4. The number of amides is 1. The van der Waals surface area contributed by atoms with Crippen LogP contribution in [0.5, 0.6) is 0 Å². The maximum absolute atomic E-state index is 12.1. The van der Waals surface area contributed by atoms with Crippen molar-refractivity contribution in [3.63, 3.8) is 0 Å². The highest BCUT2D eigenvalue weighted by Gasteiger charge is 2.19. The van der Waals surface area contributed by atoms with E-state index in [1.165, 1.54) is 36.2 Å². The minimum Gasteiger partial charge on any atom is -0.477 e. The summed E-state index contributed by atoms with van der Waals surface area (Å²) in [6, 6.07) is 11.1. The Morgan fingerprint density at radius 2 is 1.86 bits per heavy atom. The van der Waals surface area contributed by atoms with Gasteiger partial charge in [0.05, 0.1) is 6.54 Å². The monoisotopic (exact) mass is 315 g/mol. The molecule has 1 amide bonds. The fourth-order valence-electron chi connectivity index (χ4n) is 2.51. The highest BCUT2D eigenvalue weighted by Crippen LogP contribution is 2.36. The smallest absolute Gasteiger partial charge is 0.345 e. The zero-order valence-electron chi connectivity index (χ0n) is 12.0. The summed E-state index contributed by atoms with van der Waals surface area (Å²) in [5.41, 5.74) is 1.95. The van der Waals surface area contributed by atoms with E-state index in [1.54, 1.807) is 12.1 Å². The molecule has 114 valence electrons. The van der Waals surface area contributed by atoms with Gasteiger partial charge in [0.25, 0.3) is 5.91 Å². The predicted octanol–water partition coefficient (Wildman–Crippen LogP) is 3.64. The first-order valence-corrected chi connectivity index (χ1v) is 8.15. The summed E-state index contributed by atoms with van der Waals surface area (Å²) in [7, 11) is 0. The third-order valence-electron chi connectivity index (χ3n) is 4.05. The second-order valence-corrected chi connectivity index (χ2v) is 6.67. The molecule has 0 saturated heterocycles. The molecule has 2 aromatic rings. The lowest BCUT2D eigenvalue weighted by molar-refractivity contribution is 0.0702. The molecule has 1 aromatic carbocycles. The summed E-state index contributed by atoms with van der Waals surface area (Å²) in [5.74, 6) is -0.405. The minimum atomic E-state index is -0.936. The standard InChI is InChI=1S/C17H17NO3S/c19-16(18-10-14-8-9-15(22-14)17(20)21)13-6-4-12(5-7-13)11-2-1-3-11/h4-9,11H,1-3,10H2,(H,18,19)(H,20,21). The summed E-state index contributed by atoms with van der Waals surface area (Å²) in [4.78, 5) is 24.0. The molecule has 0 radical (unpaired) electrons. The number of carboxylic acid groups (broad SMARTS) is 1. The van der Waals surface area contributed by atoms with Gasteiger partial charge >= 0.3 is 5.97 Å². The van der Waals surface area contributed by atoms with E-state index >= 15 is 0 Å². The lowest BCUT2D eigenvalue weighted by Crippen LogP contribution is -2.22. The third kappa shape index (κ3) is 3.20. The maximum Gasteiger partial charge on any atom is 0.345 e. The lowest BCUT2D eigenvalue weighted by atomic mass is 9.80. The van der Waals surface area contributed by atoms with Gasteiger partial charge in [0.2, 0.25) is 0 Å². The number of thiophene rings is 1. The van der Waals surface area contributed by atoms with Gasteiger partial charge in [0, 0.05) is 10.4 Å². The van der Waals surface area contributed by atoms with Crippen LogP contribution >= 0.6 is 11.3 Å². The third-order valence-corrected chi connectivity index (χ3v) is 5.12. The predicted molar refractivity (Wildman–Crippen MR) is 85.5 cm³/mol. The molecule has 0 atom stereocenters. The molecule has 1 aromatic heterocycles. The van der Waals surface area contributed by atoms with E-state index in [2.05, 4.69) is 5.32 Å². The van der Waals surface area contributed by atoms with Crippen LogP contribution in [0.25, 0.3) is 0 Å². The first-order valence-electron chi connectivity index (χ1n) is 7.33. The first-order chi connectivity index (χ1) is 10.6. The number of nitrogens with one attached hydrogen (secondary N) is 1. The van der Waals surface area contributed by atoms with Crippen molar-refractivity contribution in [2.75, 3.05) is 0 Å². The molecular formula is C17H17NO3S. The molecular weight excluding hydrogens is 298 g/mol. The van der Waals surface area contributed by atoms with E-state index in [-0.39, 0.29) is 10.8 Å². The van der Waals surface area contributed by atoms with Crippen LogP contribution in [-0.2, 0) is 6.54 Å². The Kier molecular flexibility index (Phi) is 4.24. The Bertz CT molecular complexity index is 686. The Morgan fingerprint density at radius 1 is 1.14 bits per heavy atom. The zero-order valence-corrected chi connectivity index (χ0v) is 12.9. The molecule has 3 rings (SSSR count). The van der Waals surface area contributed by atoms with Crippen LogP contribution in [0.2, 0.25) is 0 Å². The van der Waals surface area contributed by atoms with Gasteiger partial charge in [-0.3, -0.25) is 4.79 Å². The van der Waals surface area contributed by atoms with Gasteiger partial charge < -0.3 is 10.4 Å². The number of carboxylic acids is 1. The van der Waals surface area contributed by atoms with Gasteiger partial charge in [-0.25, -0.2) is 4.79 Å². The Morgan fingerprint density at radius 3 is 2.41 bits per heavy atom. The second-order valence-electron chi connectivity index (χ2n) is 5.50. The summed E-state index contributed by atoms with van der Waals surface area (Å²) in [5, 5.41) is 11.7. The molecule has 0 aliphatic heterocycles. The summed E-state index contributed by atoms with van der Waals surface area (Å²) in [6.45, 7) is 0.348. The van der Waals surface area contributed by atoms with Crippen molar-refractivity contribution in [1.82, 2.24) is 5.32 Å². The number of hydrogen-bond donors (Lipinski definition) is 2. The highest BCUT2D eigenvalue weighted by atomic mass is 32.1. The lowest BCUT2D eigenvalue weighted by Gasteiger charge is -2.25. The number of benzene rings is 1. The van der Waals surface area contributed by atoms with E-state index in [0.717, 1.165) is 4.88 Å². The van der Waals surface area contributed by atoms with Gasteiger partial charge in [-0.05, 0) is 48.6 Å². The van der Waals surface area contributed by atoms with Gasteiger partial charge in [0.1, 0.15) is 4.88 Å². The maximum atomic E-state index is 12.1. The van der Waals surface area contributed by atoms with Crippen LogP contribution in [0, 0.1) is 0 Å². The summed E-state index contributed by atoms with van der Waals surface area (Å²) in [6.07, 6.45) is 3.79. The van der Waals surface area contributed by atoms with Crippen molar-refractivity contribution in [2.45, 2.75) is 31.7 Å². The number of carbonyl (C=O) groups excluding carboxylic acids is 1. The largest absolute Gasteiger partial charge is 0.477 e. The molecule has 0 unspecified atom stereocenters. The van der Waals surface area contributed by atoms with Crippen molar-refractivity contribution in [3.05, 3.63) is 57.3 Å². The van der Waals surface area contributed by atoms with Crippen LogP contribution < -0.4 is 5.32 Å². The Balaban J connectivity index is 1.57. The number of hydrogen-bond acceptors (Lipinski definition) is 3. The van der Waals surface area contributed by atoms with Crippen molar-refractivity contribution in [3.8, 4) is 0 Å². The van der Waals surface area contributed by atoms with Crippen molar-refractivity contribution in [2.24, 2.45) is 0 Å². The zero-order chi connectivity index (χ0) is 15.5. The van der Waals surface area contributed by atoms with E-state index in [0.29, 0.717) is 18.0 Å². The molecule has 1 fully saturated rings. The molecule has 5 heteroatoms. The van der Waals surface area contributed by atoms with Gasteiger partial charge in [-0.15, -0.1) is 11.3 Å². The highest BCUT2D eigenvalue weighted by molar-refractivity contribution is 7.13. The van der Waals surface area contributed by atoms with E-state index in [1.807, 2.05) is 24.3 Å². The average Bonchev–Trinajstić information content (AvgIpc) is 2.93. The molecule has 22 heavy (non-hydrogen) atoms. The Labute approximate surface area is 132 Å². The summed E-state index contributed by atoms with van der Waals surface area (Å²) >= 11 is 1.18. The number of aromatic carboxylic acids is 1. The van der Waals surface area contributed by atoms with Crippen LogP contribution in [-0.4, -0.2) is 17.0 Å². The summed E-state index contributed by atoms with van der Waals surface area (Å²) < 4.78 is 0. The van der Waals surface area contributed by atoms with Crippen LogP contribution in [0.1, 0.15) is 55.7 Å². The fourth-order valence-corrected chi connectivity index (χ4v) is 3.29. The first kappa shape index (κ1) is 14.8. The van der Waals surface area contributed by atoms with Crippen molar-refractivity contribution in [1.29, 1.82) is 0 Å². The topological polar surface area (TPSA) is 66.4 Å². The minimum absolute atomic E-state index is 0.134. The number of rotatable bonds is 5. The number of carbonyl (C=O) groups is 2. The second kappa shape index (κ2) is 6.32. The Hall–Kier alpha value is -2.14. The molecule has 1 aliphatic rings. The average molecular weight is 315 g/mol. The molecule has 0 bridgehead atoms.